The molecule has 0 unspecified atom stereocenters. The molecule has 0 heterocycles. The molecule has 0 saturated heterocycles. The second kappa shape index (κ2) is 8.98. The fourth-order valence-electron chi connectivity index (χ4n) is 2.19. The lowest BCUT2D eigenvalue weighted by Crippen LogP contribution is -2.44. The molecule has 0 saturated carbocycles. The predicted octanol–water partition coefficient (Wildman–Crippen LogP) is 3.01. The standard InChI is InChI=1S/C16H31NO3/c1-10(2)8-14(12(5)6)17-16(19)13(11(3)4)9-15(18)20-7/h10-14H,8-9H2,1-7H3,(H,17,19)/t13-,14-/m0/s1. The fourth-order valence-corrected chi connectivity index (χ4v) is 2.19. The van der Waals surface area contributed by atoms with Crippen molar-refractivity contribution in [2.24, 2.45) is 23.7 Å². The van der Waals surface area contributed by atoms with E-state index in [9.17, 15) is 9.59 Å². The molecule has 0 fully saturated rings. The smallest absolute Gasteiger partial charge is 0.306 e. The van der Waals surface area contributed by atoms with Crippen LogP contribution in [0.2, 0.25) is 0 Å². The van der Waals surface area contributed by atoms with E-state index in [0.29, 0.717) is 11.8 Å². The zero-order valence-electron chi connectivity index (χ0n) is 14.0. The summed E-state index contributed by atoms with van der Waals surface area (Å²) in [6.07, 6.45) is 1.10. The Morgan fingerprint density at radius 1 is 1.00 bits per heavy atom. The van der Waals surface area contributed by atoms with Crippen molar-refractivity contribution in [2.75, 3.05) is 7.11 Å². The summed E-state index contributed by atoms with van der Waals surface area (Å²) in [6.45, 7) is 12.4. The number of carbonyl (C=O) groups excluding carboxylic acids is 2. The maximum atomic E-state index is 12.4. The van der Waals surface area contributed by atoms with Crippen molar-refractivity contribution in [3.05, 3.63) is 0 Å². The minimum Gasteiger partial charge on any atom is -0.469 e. The van der Waals surface area contributed by atoms with E-state index in [4.69, 9.17) is 0 Å². The summed E-state index contributed by atoms with van der Waals surface area (Å²) in [7, 11) is 1.35. The molecule has 118 valence electrons. The van der Waals surface area contributed by atoms with Gasteiger partial charge in [0.05, 0.1) is 19.4 Å². The highest BCUT2D eigenvalue weighted by Crippen LogP contribution is 2.19. The minimum absolute atomic E-state index is 0.0373. The van der Waals surface area contributed by atoms with Gasteiger partial charge in [-0.1, -0.05) is 41.5 Å². The number of ether oxygens (including phenoxy) is 1. The van der Waals surface area contributed by atoms with Crippen molar-refractivity contribution in [3.8, 4) is 0 Å². The van der Waals surface area contributed by atoms with Gasteiger partial charge in [0.15, 0.2) is 0 Å². The van der Waals surface area contributed by atoms with Crippen molar-refractivity contribution in [1.82, 2.24) is 5.32 Å². The topological polar surface area (TPSA) is 55.4 Å². The summed E-state index contributed by atoms with van der Waals surface area (Å²) >= 11 is 0. The van der Waals surface area contributed by atoms with Crippen LogP contribution in [0.15, 0.2) is 0 Å². The number of hydrogen-bond acceptors (Lipinski definition) is 3. The van der Waals surface area contributed by atoms with Gasteiger partial charge in [0.25, 0.3) is 0 Å². The molecule has 0 spiro atoms. The molecule has 0 aliphatic heterocycles. The van der Waals surface area contributed by atoms with Crippen molar-refractivity contribution < 1.29 is 14.3 Å². The molecule has 0 aromatic heterocycles. The highest BCUT2D eigenvalue weighted by atomic mass is 16.5. The number of esters is 1. The van der Waals surface area contributed by atoms with Gasteiger partial charge in [0.1, 0.15) is 0 Å². The normalized spacial score (nSPS) is 14.5. The number of methoxy groups -OCH3 is 1. The Morgan fingerprint density at radius 2 is 1.55 bits per heavy atom. The molecular formula is C16H31NO3. The lowest BCUT2D eigenvalue weighted by Gasteiger charge is -2.27. The van der Waals surface area contributed by atoms with Gasteiger partial charge in [-0.2, -0.15) is 0 Å². The SMILES string of the molecule is COC(=O)C[C@H](C(=O)N[C@@H](CC(C)C)C(C)C)C(C)C. The first-order valence-corrected chi connectivity index (χ1v) is 7.56. The number of amides is 1. The maximum absolute atomic E-state index is 12.4. The van der Waals surface area contributed by atoms with Crippen LogP contribution < -0.4 is 5.32 Å². The van der Waals surface area contributed by atoms with Gasteiger partial charge in [-0.25, -0.2) is 0 Å². The predicted molar refractivity (Wildman–Crippen MR) is 81.2 cm³/mol. The Labute approximate surface area is 123 Å². The Bertz CT molecular complexity index is 311. The second-order valence-corrected chi connectivity index (χ2v) is 6.62. The summed E-state index contributed by atoms with van der Waals surface area (Å²) in [5, 5.41) is 3.11. The molecule has 0 radical (unpaired) electrons. The third-order valence-electron chi connectivity index (χ3n) is 3.61. The first-order chi connectivity index (χ1) is 9.18. The van der Waals surface area contributed by atoms with Crippen molar-refractivity contribution >= 4 is 11.9 Å². The van der Waals surface area contributed by atoms with Crippen molar-refractivity contribution in [3.63, 3.8) is 0 Å². The fraction of sp³-hybridized carbons (Fsp3) is 0.875. The van der Waals surface area contributed by atoms with E-state index in [1.807, 2.05) is 13.8 Å². The zero-order chi connectivity index (χ0) is 15.9. The average molecular weight is 285 g/mol. The molecule has 4 nitrogen and oxygen atoms in total. The molecule has 0 aliphatic rings. The van der Waals surface area contributed by atoms with E-state index in [1.165, 1.54) is 7.11 Å². The van der Waals surface area contributed by atoms with Crippen LogP contribution in [0.25, 0.3) is 0 Å². The molecule has 0 aromatic rings. The van der Waals surface area contributed by atoms with E-state index in [-0.39, 0.29) is 36.2 Å². The van der Waals surface area contributed by atoms with Crippen molar-refractivity contribution in [2.45, 2.75) is 60.4 Å². The summed E-state index contributed by atoms with van der Waals surface area (Å²) in [4.78, 5) is 23.8. The second-order valence-electron chi connectivity index (χ2n) is 6.62. The van der Waals surface area contributed by atoms with Crippen LogP contribution in [0, 0.1) is 23.7 Å². The Kier molecular flexibility index (Phi) is 8.51. The molecule has 0 aliphatic carbocycles. The number of rotatable bonds is 8. The Hall–Kier alpha value is -1.06. The maximum Gasteiger partial charge on any atom is 0.306 e. The van der Waals surface area contributed by atoms with Gasteiger partial charge in [-0.05, 0) is 24.2 Å². The van der Waals surface area contributed by atoms with Crippen LogP contribution in [0.1, 0.15) is 54.4 Å². The first kappa shape index (κ1) is 18.9. The average Bonchev–Trinajstić information content (AvgIpc) is 2.33. The molecule has 4 heteroatoms. The van der Waals surface area contributed by atoms with Crippen LogP contribution in [0.3, 0.4) is 0 Å². The summed E-state index contributed by atoms with van der Waals surface area (Å²) in [6, 6.07) is 0.154. The molecule has 1 N–H and O–H groups in total. The van der Waals surface area contributed by atoms with E-state index < -0.39 is 0 Å². The minimum atomic E-state index is -0.330. The quantitative estimate of drug-likeness (QED) is 0.697. The molecule has 0 bridgehead atoms. The van der Waals surface area contributed by atoms with E-state index >= 15 is 0 Å². The first-order valence-electron chi connectivity index (χ1n) is 7.56. The summed E-state index contributed by atoms with van der Waals surface area (Å²) < 4.78 is 4.68. The van der Waals surface area contributed by atoms with Gasteiger partial charge in [-0.15, -0.1) is 0 Å². The largest absolute Gasteiger partial charge is 0.469 e. The summed E-state index contributed by atoms with van der Waals surface area (Å²) in [5.41, 5.74) is 0. The monoisotopic (exact) mass is 285 g/mol. The number of hydrogen-bond donors (Lipinski definition) is 1. The highest BCUT2D eigenvalue weighted by Gasteiger charge is 2.28. The highest BCUT2D eigenvalue weighted by molar-refractivity contribution is 5.84. The molecule has 2 atom stereocenters. The van der Waals surface area contributed by atoms with Crippen molar-refractivity contribution in [1.29, 1.82) is 0 Å². The van der Waals surface area contributed by atoms with Gasteiger partial charge >= 0.3 is 5.97 Å². The lowest BCUT2D eigenvalue weighted by molar-refractivity contribution is -0.145. The molecule has 0 rings (SSSR count). The van der Waals surface area contributed by atoms with Crippen LogP contribution in [0.4, 0.5) is 0 Å². The third kappa shape index (κ3) is 6.92. The lowest BCUT2D eigenvalue weighted by atomic mass is 9.89. The van der Waals surface area contributed by atoms with Crippen LogP contribution >= 0.6 is 0 Å². The Morgan fingerprint density at radius 3 is 1.90 bits per heavy atom. The number of nitrogens with one attached hydrogen (secondary N) is 1. The molecular weight excluding hydrogens is 254 g/mol. The van der Waals surface area contributed by atoms with Crippen LogP contribution in [0.5, 0.6) is 0 Å². The zero-order valence-corrected chi connectivity index (χ0v) is 14.0. The van der Waals surface area contributed by atoms with Gasteiger partial charge in [0.2, 0.25) is 5.91 Å². The van der Waals surface area contributed by atoms with Crippen LogP contribution in [-0.2, 0) is 14.3 Å². The Balaban J connectivity index is 4.75. The van der Waals surface area contributed by atoms with Gasteiger partial charge in [-0.3, -0.25) is 9.59 Å². The van der Waals surface area contributed by atoms with Crippen LogP contribution in [-0.4, -0.2) is 25.0 Å². The van der Waals surface area contributed by atoms with Gasteiger partial charge < -0.3 is 10.1 Å². The molecule has 0 aromatic carbocycles. The number of carbonyl (C=O) groups is 2. The van der Waals surface area contributed by atoms with E-state index in [1.54, 1.807) is 0 Å². The van der Waals surface area contributed by atoms with Gasteiger partial charge in [0, 0.05) is 6.04 Å². The van der Waals surface area contributed by atoms with E-state index in [0.717, 1.165) is 6.42 Å². The van der Waals surface area contributed by atoms with E-state index in [2.05, 4.69) is 37.7 Å². The summed E-state index contributed by atoms with van der Waals surface area (Å²) in [5.74, 6) is 0.332. The third-order valence-corrected chi connectivity index (χ3v) is 3.61. The molecule has 1 amide bonds. The molecule has 20 heavy (non-hydrogen) atoms.